The van der Waals surface area contributed by atoms with Gasteiger partial charge in [0.25, 0.3) is 0 Å². The van der Waals surface area contributed by atoms with Gasteiger partial charge >= 0.3 is 5.97 Å². The molecule has 0 aromatic heterocycles. The SMILES string of the molecule is CC#Cc1c(F)c(F)c(COC(=O)C2CC2)c(F)c1F. The summed E-state index contributed by atoms with van der Waals surface area (Å²) in [5.74, 6) is -3.14. The van der Waals surface area contributed by atoms with Crippen LogP contribution in [0, 0.1) is 41.0 Å². The number of rotatable bonds is 3. The number of carbonyl (C=O) groups is 1. The minimum absolute atomic E-state index is 0.277. The van der Waals surface area contributed by atoms with Gasteiger partial charge in [-0.1, -0.05) is 5.92 Å². The normalized spacial score (nSPS) is 13.7. The summed E-state index contributed by atoms with van der Waals surface area (Å²) in [4.78, 5) is 11.3. The second-order valence-electron chi connectivity index (χ2n) is 4.37. The van der Waals surface area contributed by atoms with Crippen molar-refractivity contribution >= 4 is 5.97 Å². The topological polar surface area (TPSA) is 26.3 Å². The van der Waals surface area contributed by atoms with Crippen molar-refractivity contribution in [1.29, 1.82) is 0 Å². The molecule has 1 aromatic rings. The Morgan fingerprint density at radius 3 is 2.15 bits per heavy atom. The van der Waals surface area contributed by atoms with Gasteiger partial charge in [0.05, 0.1) is 11.5 Å². The molecule has 6 heteroatoms. The van der Waals surface area contributed by atoms with Gasteiger partial charge in [-0.25, -0.2) is 17.6 Å². The fourth-order valence-corrected chi connectivity index (χ4v) is 1.62. The van der Waals surface area contributed by atoms with E-state index in [4.69, 9.17) is 0 Å². The van der Waals surface area contributed by atoms with Crippen LogP contribution in [0.5, 0.6) is 0 Å². The Morgan fingerprint density at radius 1 is 1.15 bits per heavy atom. The van der Waals surface area contributed by atoms with Crippen molar-refractivity contribution in [3.05, 3.63) is 34.4 Å². The van der Waals surface area contributed by atoms with Crippen LogP contribution >= 0.6 is 0 Å². The Kier molecular flexibility index (Phi) is 3.98. The van der Waals surface area contributed by atoms with E-state index in [1.165, 1.54) is 6.92 Å². The van der Waals surface area contributed by atoms with Gasteiger partial charge in [-0.2, -0.15) is 0 Å². The average Bonchev–Trinajstić information content (AvgIpc) is 3.25. The summed E-state index contributed by atoms with van der Waals surface area (Å²) >= 11 is 0. The molecule has 0 N–H and O–H groups in total. The summed E-state index contributed by atoms with van der Waals surface area (Å²) in [6.45, 7) is 0.431. The van der Waals surface area contributed by atoms with Gasteiger partial charge in [0, 0.05) is 0 Å². The molecule has 1 aliphatic carbocycles. The van der Waals surface area contributed by atoms with Crippen molar-refractivity contribution in [1.82, 2.24) is 0 Å². The molecule has 1 saturated carbocycles. The van der Waals surface area contributed by atoms with Gasteiger partial charge in [0.15, 0.2) is 23.3 Å². The molecule has 0 atom stereocenters. The first-order chi connectivity index (χ1) is 9.47. The summed E-state index contributed by atoms with van der Waals surface area (Å²) in [5, 5.41) is 0. The van der Waals surface area contributed by atoms with Gasteiger partial charge in [-0.05, 0) is 19.8 Å². The number of esters is 1. The molecule has 106 valence electrons. The zero-order valence-electron chi connectivity index (χ0n) is 10.5. The molecule has 0 heterocycles. The van der Waals surface area contributed by atoms with Crippen LogP contribution in [0.15, 0.2) is 0 Å². The van der Waals surface area contributed by atoms with Gasteiger partial charge in [0.2, 0.25) is 0 Å². The van der Waals surface area contributed by atoms with E-state index in [-0.39, 0.29) is 5.92 Å². The largest absolute Gasteiger partial charge is 0.460 e. The van der Waals surface area contributed by atoms with Crippen molar-refractivity contribution in [2.24, 2.45) is 5.92 Å². The first kappa shape index (κ1) is 14.4. The van der Waals surface area contributed by atoms with E-state index in [1.54, 1.807) is 0 Å². The minimum atomic E-state index is -1.59. The lowest BCUT2D eigenvalue weighted by atomic mass is 10.1. The highest BCUT2D eigenvalue weighted by molar-refractivity contribution is 5.74. The molecular formula is C14H10F4O2. The van der Waals surface area contributed by atoms with E-state index in [0.29, 0.717) is 12.8 Å². The van der Waals surface area contributed by atoms with E-state index >= 15 is 0 Å². The number of halogens is 4. The first-order valence-electron chi connectivity index (χ1n) is 5.91. The second kappa shape index (κ2) is 5.53. The van der Waals surface area contributed by atoms with Gasteiger partial charge in [-0.15, -0.1) is 5.92 Å². The highest BCUT2D eigenvalue weighted by atomic mass is 19.2. The Labute approximate surface area is 112 Å². The highest BCUT2D eigenvalue weighted by Crippen LogP contribution is 2.31. The lowest BCUT2D eigenvalue weighted by molar-refractivity contribution is -0.146. The van der Waals surface area contributed by atoms with Crippen LogP contribution in [-0.2, 0) is 16.1 Å². The van der Waals surface area contributed by atoms with Gasteiger partial charge in [-0.3, -0.25) is 4.79 Å². The van der Waals surface area contributed by atoms with Crippen LogP contribution in [0.3, 0.4) is 0 Å². The number of benzene rings is 1. The summed E-state index contributed by atoms with van der Waals surface area (Å²) in [5.41, 5.74) is -1.92. The lowest BCUT2D eigenvalue weighted by Crippen LogP contribution is -2.12. The monoisotopic (exact) mass is 286 g/mol. The standard InChI is InChI=1S/C14H10F4O2/c1-2-3-8-10(15)12(17)9(13(18)11(8)16)6-20-14(19)7-4-5-7/h7H,4-6H2,1H3. The quantitative estimate of drug-likeness (QED) is 0.369. The fourth-order valence-electron chi connectivity index (χ4n) is 1.62. The molecule has 0 spiro atoms. The summed E-state index contributed by atoms with van der Waals surface area (Å²) in [6, 6.07) is 0. The van der Waals surface area contributed by atoms with Crippen LogP contribution in [-0.4, -0.2) is 5.97 Å². The molecule has 1 aliphatic rings. The number of carbonyl (C=O) groups excluding carboxylic acids is 1. The molecule has 1 aromatic carbocycles. The zero-order chi connectivity index (χ0) is 14.9. The maximum Gasteiger partial charge on any atom is 0.309 e. The smallest absolute Gasteiger partial charge is 0.309 e. The maximum absolute atomic E-state index is 13.7. The molecule has 1 fully saturated rings. The third kappa shape index (κ3) is 2.62. The molecule has 0 unspecified atom stereocenters. The molecule has 0 aliphatic heterocycles. The molecule has 2 nitrogen and oxygen atoms in total. The van der Waals surface area contributed by atoms with E-state index in [2.05, 4.69) is 10.7 Å². The van der Waals surface area contributed by atoms with E-state index in [0.717, 1.165) is 0 Å². The molecule has 20 heavy (non-hydrogen) atoms. The molecule has 0 bridgehead atoms. The fraction of sp³-hybridized carbons (Fsp3) is 0.357. The number of hydrogen-bond donors (Lipinski definition) is 0. The Bertz CT molecular complexity index is 595. The zero-order valence-corrected chi connectivity index (χ0v) is 10.5. The van der Waals surface area contributed by atoms with Crippen LogP contribution in [0.2, 0.25) is 0 Å². The van der Waals surface area contributed by atoms with E-state index < -0.39 is 47.0 Å². The summed E-state index contributed by atoms with van der Waals surface area (Å²) in [7, 11) is 0. The van der Waals surface area contributed by atoms with E-state index in [9.17, 15) is 22.4 Å². The molecule has 0 amide bonds. The van der Waals surface area contributed by atoms with Crippen LogP contribution in [0.25, 0.3) is 0 Å². The van der Waals surface area contributed by atoms with Crippen molar-refractivity contribution in [2.75, 3.05) is 0 Å². The second-order valence-corrected chi connectivity index (χ2v) is 4.37. The Hall–Kier alpha value is -2.03. The number of ether oxygens (including phenoxy) is 1. The maximum atomic E-state index is 13.7. The van der Waals surface area contributed by atoms with Crippen molar-refractivity contribution in [3.8, 4) is 11.8 Å². The lowest BCUT2D eigenvalue weighted by Gasteiger charge is -2.09. The Morgan fingerprint density at radius 2 is 1.70 bits per heavy atom. The van der Waals surface area contributed by atoms with Crippen LogP contribution < -0.4 is 0 Å². The average molecular weight is 286 g/mol. The summed E-state index contributed by atoms with van der Waals surface area (Å²) in [6.07, 6.45) is 1.30. The van der Waals surface area contributed by atoms with E-state index in [1.807, 2.05) is 5.92 Å². The molecular weight excluding hydrogens is 276 g/mol. The predicted molar refractivity (Wildman–Crippen MR) is 61.3 cm³/mol. The van der Waals surface area contributed by atoms with Crippen LogP contribution in [0.4, 0.5) is 17.6 Å². The van der Waals surface area contributed by atoms with Crippen molar-refractivity contribution in [2.45, 2.75) is 26.4 Å². The Balaban J connectivity index is 2.32. The summed E-state index contributed by atoms with van der Waals surface area (Å²) < 4.78 is 59.1. The van der Waals surface area contributed by atoms with Crippen LogP contribution in [0.1, 0.15) is 30.9 Å². The molecule has 0 radical (unpaired) electrons. The predicted octanol–water partition coefficient (Wildman–Crippen LogP) is 3.07. The van der Waals surface area contributed by atoms with Gasteiger partial charge < -0.3 is 4.74 Å². The van der Waals surface area contributed by atoms with Crippen molar-refractivity contribution < 1.29 is 27.1 Å². The molecule has 2 rings (SSSR count). The van der Waals surface area contributed by atoms with Crippen molar-refractivity contribution in [3.63, 3.8) is 0 Å². The first-order valence-corrected chi connectivity index (χ1v) is 5.91. The highest BCUT2D eigenvalue weighted by Gasteiger charge is 2.32. The third-order valence-corrected chi connectivity index (χ3v) is 2.87. The minimum Gasteiger partial charge on any atom is -0.460 e. The van der Waals surface area contributed by atoms with Gasteiger partial charge in [0.1, 0.15) is 12.2 Å². The third-order valence-electron chi connectivity index (χ3n) is 2.87. The number of hydrogen-bond acceptors (Lipinski definition) is 2. The molecule has 0 saturated heterocycles.